The maximum Gasteiger partial charge on any atom is 0.359 e. The second-order valence-electron chi connectivity index (χ2n) is 5.29. The van der Waals surface area contributed by atoms with Crippen molar-refractivity contribution in [2.24, 2.45) is 0 Å². The average molecular weight is 387 g/mol. The summed E-state index contributed by atoms with van der Waals surface area (Å²) < 4.78 is 5.16. The second-order valence-corrected chi connectivity index (χ2v) is 6.46. The Hall–Kier alpha value is -1.62. The van der Waals surface area contributed by atoms with Crippen molar-refractivity contribution in [3.8, 4) is 0 Å². The van der Waals surface area contributed by atoms with E-state index < -0.39 is 12.1 Å². The van der Waals surface area contributed by atoms with Crippen molar-refractivity contribution in [2.75, 3.05) is 0 Å². The van der Waals surface area contributed by atoms with Gasteiger partial charge in [0.05, 0.1) is 15.1 Å². The van der Waals surface area contributed by atoms with Crippen LogP contribution in [0.5, 0.6) is 0 Å². The number of halogens is 3. The molecular weight excluding hydrogens is 373 g/mol. The molecule has 0 spiro atoms. The zero-order valence-corrected chi connectivity index (χ0v) is 15.5. The summed E-state index contributed by atoms with van der Waals surface area (Å²) in [4.78, 5) is 28.4. The van der Waals surface area contributed by atoms with Crippen LogP contribution in [0.1, 0.15) is 38.9 Å². The molecule has 1 heterocycles. The SMILES string of the molecule is Cc1ccc(C(=O)[C@H](C)OC(=O)c2ncc(Cl)c(Cl)c2Cl)cc1C. The zero-order valence-electron chi connectivity index (χ0n) is 13.2. The van der Waals surface area contributed by atoms with Crippen molar-refractivity contribution in [1.82, 2.24) is 4.98 Å². The van der Waals surface area contributed by atoms with Gasteiger partial charge in [0.2, 0.25) is 5.78 Å². The number of rotatable bonds is 4. The third-order valence-electron chi connectivity index (χ3n) is 3.56. The molecule has 0 saturated heterocycles. The number of pyridine rings is 1. The van der Waals surface area contributed by atoms with Gasteiger partial charge in [-0.25, -0.2) is 9.78 Å². The monoisotopic (exact) mass is 385 g/mol. The van der Waals surface area contributed by atoms with Gasteiger partial charge in [-0.15, -0.1) is 0 Å². The lowest BCUT2D eigenvalue weighted by atomic mass is 10.0. The van der Waals surface area contributed by atoms with Crippen LogP contribution < -0.4 is 0 Å². The van der Waals surface area contributed by atoms with Gasteiger partial charge in [0.25, 0.3) is 0 Å². The zero-order chi connectivity index (χ0) is 18.0. The van der Waals surface area contributed by atoms with Crippen molar-refractivity contribution in [1.29, 1.82) is 0 Å². The Morgan fingerprint density at radius 3 is 2.38 bits per heavy atom. The standard InChI is InChI=1S/C17H14Cl3NO3/c1-8-4-5-11(6-9(8)2)16(22)10(3)24-17(23)15-14(20)13(19)12(18)7-21-15/h4-7,10H,1-3H3/t10-/m0/s1. The number of hydrogen-bond donors (Lipinski definition) is 0. The van der Waals surface area contributed by atoms with Gasteiger partial charge in [0.15, 0.2) is 11.8 Å². The van der Waals surface area contributed by atoms with Crippen molar-refractivity contribution in [2.45, 2.75) is 26.9 Å². The van der Waals surface area contributed by atoms with E-state index in [4.69, 9.17) is 39.5 Å². The molecule has 1 aromatic heterocycles. The van der Waals surface area contributed by atoms with Gasteiger partial charge in [0, 0.05) is 11.8 Å². The summed E-state index contributed by atoms with van der Waals surface area (Å²) in [5.74, 6) is -1.16. The van der Waals surface area contributed by atoms with E-state index in [-0.39, 0.29) is 26.5 Å². The fourth-order valence-corrected chi connectivity index (χ4v) is 2.54. The lowest BCUT2D eigenvalue weighted by Gasteiger charge is -2.14. The first kappa shape index (κ1) is 18.7. The van der Waals surface area contributed by atoms with Crippen LogP contribution in [0.4, 0.5) is 0 Å². The van der Waals surface area contributed by atoms with Crippen LogP contribution in [0.15, 0.2) is 24.4 Å². The summed E-state index contributed by atoms with van der Waals surface area (Å²) in [6, 6.07) is 5.29. The number of Topliss-reactive ketones (excluding diaryl/α,β-unsaturated/α-hetero) is 1. The molecule has 2 aromatic rings. The van der Waals surface area contributed by atoms with Gasteiger partial charge in [0.1, 0.15) is 0 Å². The number of benzene rings is 1. The summed E-state index contributed by atoms with van der Waals surface area (Å²) in [5, 5.41) is 0.0193. The van der Waals surface area contributed by atoms with Crippen molar-refractivity contribution >= 4 is 46.6 Å². The van der Waals surface area contributed by atoms with Gasteiger partial charge >= 0.3 is 5.97 Å². The maximum absolute atomic E-state index is 12.4. The van der Waals surface area contributed by atoms with E-state index >= 15 is 0 Å². The van der Waals surface area contributed by atoms with E-state index in [0.29, 0.717) is 5.56 Å². The molecule has 0 unspecified atom stereocenters. The van der Waals surface area contributed by atoms with Crippen LogP contribution in [-0.4, -0.2) is 22.8 Å². The molecule has 4 nitrogen and oxygen atoms in total. The highest BCUT2D eigenvalue weighted by Crippen LogP contribution is 2.31. The number of hydrogen-bond acceptors (Lipinski definition) is 4. The van der Waals surface area contributed by atoms with Crippen LogP contribution in [0.2, 0.25) is 15.1 Å². The molecule has 0 fully saturated rings. The highest BCUT2D eigenvalue weighted by molar-refractivity contribution is 6.48. The molecule has 24 heavy (non-hydrogen) atoms. The Labute approximate surface area is 154 Å². The number of aromatic nitrogens is 1. The quantitative estimate of drug-likeness (QED) is 0.542. The molecule has 1 atom stereocenters. The lowest BCUT2D eigenvalue weighted by Crippen LogP contribution is -2.25. The van der Waals surface area contributed by atoms with Gasteiger partial charge in [-0.05, 0) is 38.0 Å². The number of ether oxygens (including phenoxy) is 1. The van der Waals surface area contributed by atoms with Gasteiger partial charge in [-0.2, -0.15) is 0 Å². The molecule has 126 valence electrons. The second kappa shape index (κ2) is 7.51. The topological polar surface area (TPSA) is 56.3 Å². The van der Waals surface area contributed by atoms with E-state index in [1.165, 1.54) is 13.1 Å². The van der Waals surface area contributed by atoms with Gasteiger partial charge in [-0.3, -0.25) is 4.79 Å². The Morgan fingerprint density at radius 1 is 1.08 bits per heavy atom. The van der Waals surface area contributed by atoms with Crippen LogP contribution >= 0.6 is 34.8 Å². The number of aryl methyl sites for hydroxylation is 2. The Morgan fingerprint density at radius 2 is 1.75 bits per heavy atom. The molecule has 0 aliphatic rings. The molecule has 1 aromatic carbocycles. The molecule has 2 rings (SSSR count). The molecule has 0 saturated carbocycles. The minimum Gasteiger partial charge on any atom is -0.449 e. The van der Waals surface area contributed by atoms with Gasteiger partial charge in [-0.1, -0.05) is 46.9 Å². The molecule has 0 radical (unpaired) electrons. The third kappa shape index (κ3) is 3.89. The first-order chi connectivity index (χ1) is 11.2. The Balaban J connectivity index is 2.18. The normalized spacial score (nSPS) is 11.9. The minimum atomic E-state index is -0.994. The number of carbonyl (C=O) groups is 2. The molecule has 0 aliphatic heterocycles. The summed E-state index contributed by atoms with van der Waals surface area (Å²) in [6.07, 6.45) is 0.203. The average Bonchev–Trinajstić information content (AvgIpc) is 2.54. The highest BCUT2D eigenvalue weighted by Gasteiger charge is 2.24. The van der Waals surface area contributed by atoms with Crippen LogP contribution in [0, 0.1) is 13.8 Å². The Bertz CT molecular complexity index is 821. The predicted molar refractivity (Wildman–Crippen MR) is 94.4 cm³/mol. The highest BCUT2D eigenvalue weighted by atomic mass is 35.5. The van der Waals surface area contributed by atoms with E-state index in [0.717, 1.165) is 11.1 Å². The summed E-state index contributed by atoms with van der Waals surface area (Å²) in [6.45, 7) is 5.34. The van der Waals surface area contributed by atoms with Crippen LogP contribution in [0.3, 0.4) is 0 Å². The van der Waals surface area contributed by atoms with E-state index in [2.05, 4.69) is 4.98 Å². The maximum atomic E-state index is 12.4. The molecule has 0 aliphatic carbocycles. The Kier molecular flexibility index (Phi) is 5.86. The number of nitrogens with zero attached hydrogens (tertiary/aromatic N) is 1. The lowest BCUT2D eigenvalue weighted by molar-refractivity contribution is 0.0313. The summed E-state index contributed by atoms with van der Waals surface area (Å²) >= 11 is 17.6. The number of esters is 1. The first-order valence-corrected chi connectivity index (χ1v) is 8.17. The first-order valence-electron chi connectivity index (χ1n) is 7.04. The van der Waals surface area contributed by atoms with E-state index in [1.807, 2.05) is 19.9 Å². The fourth-order valence-electron chi connectivity index (χ4n) is 1.98. The molecular formula is C17H14Cl3NO3. The largest absolute Gasteiger partial charge is 0.449 e. The number of carbonyl (C=O) groups excluding carboxylic acids is 2. The fraction of sp³-hybridized carbons (Fsp3) is 0.235. The summed E-state index contributed by atoms with van der Waals surface area (Å²) in [7, 11) is 0. The molecule has 7 heteroatoms. The molecule has 0 amide bonds. The van der Waals surface area contributed by atoms with E-state index in [9.17, 15) is 9.59 Å². The minimum absolute atomic E-state index is 0.00780. The van der Waals surface area contributed by atoms with Gasteiger partial charge < -0.3 is 4.74 Å². The summed E-state index contributed by atoms with van der Waals surface area (Å²) in [5.41, 5.74) is 2.33. The van der Waals surface area contributed by atoms with Crippen molar-refractivity contribution < 1.29 is 14.3 Å². The van der Waals surface area contributed by atoms with Crippen LogP contribution in [-0.2, 0) is 4.74 Å². The molecule has 0 bridgehead atoms. The van der Waals surface area contributed by atoms with E-state index in [1.54, 1.807) is 12.1 Å². The third-order valence-corrected chi connectivity index (χ3v) is 4.80. The number of ketones is 1. The smallest absolute Gasteiger partial charge is 0.359 e. The van der Waals surface area contributed by atoms with Crippen molar-refractivity contribution in [3.05, 3.63) is 61.8 Å². The predicted octanol–water partition coefficient (Wildman–Crippen LogP) is 5.09. The van der Waals surface area contributed by atoms with Crippen LogP contribution in [0.25, 0.3) is 0 Å². The van der Waals surface area contributed by atoms with Crippen molar-refractivity contribution in [3.63, 3.8) is 0 Å². The molecule has 0 N–H and O–H groups in total.